The minimum atomic E-state index is 0.161. The van der Waals surface area contributed by atoms with Crippen molar-refractivity contribution in [2.24, 2.45) is 0 Å². The van der Waals surface area contributed by atoms with Crippen LogP contribution < -0.4 is 10.1 Å². The SMILES string of the molecule is CCCNC1CC(Oc2cccc(I)c2)C1OC. The first-order chi connectivity index (χ1) is 8.74. The molecule has 1 N–H and O–H groups in total. The third-order valence-electron chi connectivity index (χ3n) is 3.26. The van der Waals surface area contributed by atoms with E-state index in [0.29, 0.717) is 6.04 Å². The zero-order valence-electron chi connectivity index (χ0n) is 10.9. The van der Waals surface area contributed by atoms with Gasteiger partial charge in [0.25, 0.3) is 0 Å². The van der Waals surface area contributed by atoms with Crippen molar-refractivity contribution in [3.05, 3.63) is 27.8 Å². The number of benzene rings is 1. The van der Waals surface area contributed by atoms with Crippen molar-refractivity contribution in [2.75, 3.05) is 13.7 Å². The van der Waals surface area contributed by atoms with E-state index < -0.39 is 0 Å². The van der Waals surface area contributed by atoms with E-state index in [1.54, 1.807) is 7.11 Å². The van der Waals surface area contributed by atoms with Crippen LogP contribution in [-0.2, 0) is 4.74 Å². The van der Waals surface area contributed by atoms with Crippen LogP contribution in [0.25, 0.3) is 0 Å². The van der Waals surface area contributed by atoms with Gasteiger partial charge in [-0.2, -0.15) is 0 Å². The molecular weight excluding hydrogens is 341 g/mol. The van der Waals surface area contributed by atoms with Crippen LogP contribution in [0.4, 0.5) is 0 Å². The van der Waals surface area contributed by atoms with Crippen LogP contribution in [0.5, 0.6) is 5.75 Å². The van der Waals surface area contributed by atoms with Gasteiger partial charge in [-0.25, -0.2) is 0 Å². The molecule has 0 aliphatic heterocycles. The summed E-state index contributed by atoms with van der Waals surface area (Å²) in [4.78, 5) is 0. The smallest absolute Gasteiger partial charge is 0.128 e. The molecule has 1 aromatic carbocycles. The molecule has 3 atom stereocenters. The minimum absolute atomic E-state index is 0.161. The van der Waals surface area contributed by atoms with Crippen LogP contribution in [0.15, 0.2) is 24.3 Å². The fourth-order valence-corrected chi connectivity index (χ4v) is 2.77. The number of rotatable bonds is 6. The molecule has 18 heavy (non-hydrogen) atoms. The summed E-state index contributed by atoms with van der Waals surface area (Å²) in [7, 11) is 1.76. The van der Waals surface area contributed by atoms with E-state index >= 15 is 0 Å². The Balaban J connectivity index is 1.88. The summed E-state index contributed by atoms with van der Waals surface area (Å²) >= 11 is 2.30. The fourth-order valence-electron chi connectivity index (χ4n) is 2.26. The summed E-state index contributed by atoms with van der Waals surface area (Å²) < 4.78 is 12.7. The zero-order valence-corrected chi connectivity index (χ0v) is 13.0. The van der Waals surface area contributed by atoms with Gasteiger partial charge in [-0.3, -0.25) is 0 Å². The molecule has 0 bridgehead atoms. The van der Waals surface area contributed by atoms with Gasteiger partial charge < -0.3 is 14.8 Å². The number of ether oxygens (including phenoxy) is 2. The van der Waals surface area contributed by atoms with Crippen LogP contribution in [0, 0.1) is 3.57 Å². The number of nitrogens with one attached hydrogen (secondary N) is 1. The monoisotopic (exact) mass is 361 g/mol. The van der Waals surface area contributed by atoms with E-state index in [4.69, 9.17) is 9.47 Å². The molecule has 0 spiro atoms. The molecule has 0 heterocycles. The molecular formula is C14H20INO2. The van der Waals surface area contributed by atoms with Crippen LogP contribution in [0.1, 0.15) is 19.8 Å². The van der Waals surface area contributed by atoms with Crippen LogP contribution in [-0.4, -0.2) is 31.9 Å². The highest BCUT2D eigenvalue weighted by molar-refractivity contribution is 14.1. The van der Waals surface area contributed by atoms with Crippen molar-refractivity contribution in [3.8, 4) is 5.75 Å². The predicted molar refractivity (Wildman–Crippen MR) is 81.1 cm³/mol. The average molecular weight is 361 g/mol. The van der Waals surface area contributed by atoms with Crippen molar-refractivity contribution in [2.45, 2.75) is 38.0 Å². The largest absolute Gasteiger partial charge is 0.488 e. The Morgan fingerprint density at radius 1 is 1.44 bits per heavy atom. The van der Waals surface area contributed by atoms with Gasteiger partial charge in [0.05, 0.1) is 0 Å². The van der Waals surface area contributed by atoms with E-state index in [-0.39, 0.29) is 12.2 Å². The normalized spacial score (nSPS) is 26.7. The summed E-state index contributed by atoms with van der Waals surface area (Å²) in [6.07, 6.45) is 2.50. The highest BCUT2D eigenvalue weighted by Crippen LogP contribution is 2.29. The maximum atomic E-state index is 5.98. The summed E-state index contributed by atoms with van der Waals surface area (Å²) in [5.74, 6) is 0.933. The lowest BCUT2D eigenvalue weighted by molar-refractivity contribution is -0.0887. The van der Waals surface area contributed by atoms with Crippen molar-refractivity contribution < 1.29 is 9.47 Å². The lowest BCUT2D eigenvalue weighted by Gasteiger charge is -2.43. The molecule has 3 nitrogen and oxygen atoms in total. The minimum Gasteiger partial charge on any atom is -0.488 e. The third-order valence-corrected chi connectivity index (χ3v) is 3.93. The summed E-state index contributed by atoms with van der Waals surface area (Å²) in [5, 5.41) is 3.49. The summed E-state index contributed by atoms with van der Waals surface area (Å²) in [6.45, 7) is 3.22. The maximum absolute atomic E-state index is 5.98. The number of hydrogen-bond donors (Lipinski definition) is 1. The first kappa shape index (κ1) is 14.1. The van der Waals surface area contributed by atoms with Gasteiger partial charge in [0.15, 0.2) is 0 Å². The Morgan fingerprint density at radius 3 is 2.94 bits per heavy atom. The molecule has 4 heteroatoms. The Hall–Kier alpha value is -0.330. The van der Waals surface area contributed by atoms with Gasteiger partial charge >= 0.3 is 0 Å². The Labute approximate surface area is 122 Å². The first-order valence-electron chi connectivity index (χ1n) is 6.43. The molecule has 1 aromatic rings. The second-order valence-electron chi connectivity index (χ2n) is 4.61. The number of methoxy groups -OCH3 is 1. The first-order valence-corrected chi connectivity index (χ1v) is 7.51. The van der Waals surface area contributed by atoms with Gasteiger partial charge in [0, 0.05) is 23.1 Å². The second-order valence-corrected chi connectivity index (χ2v) is 5.86. The molecule has 1 aliphatic rings. The molecule has 0 amide bonds. The lowest BCUT2D eigenvalue weighted by atomic mass is 9.85. The highest BCUT2D eigenvalue weighted by atomic mass is 127. The van der Waals surface area contributed by atoms with Crippen molar-refractivity contribution in [1.82, 2.24) is 5.32 Å². The van der Waals surface area contributed by atoms with Crippen LogP contribution in [0.2, 0.25) is 0 Å². The molecule has 2 rings (SSSR count). The lowest BCUT2D eigenvalue weighted by Crippen LogP contribution is -2.61. The van der Waals surface area contributed by atoms with E-state index in [2.05, 4.69) is 47.0 Å². The van der Waals surface area contributed by atoms with Crippen molar-refractivity contribution >= 4 is 22.6 Å². The zero-order chi connectivity index (χ0) is 13.0. The van der Waals surface area contributed by atoms with Gasteiger partial charge in [-0.15, -0.1) is 0 Å². The third kappa shape index (κ3) is 3.36. The van der Waals surface area contributed by atoms with Gasteiger partial charge in [0.1, 0.15) is 18.0 Å². The van der Waals surface area contributed by atoms with Crippen molar-refractivity contribution in [3.63, 3.8) is 0 Å². The molecule has 100 valence electrons. The molecule has 1 fully saturated rings. The molecule has 0 saturated heterocycles. The standard InChI is InChI=1S/C14H20INO2/c1-3-7-16-12-9-13(14(12)17-2)18-11-6-4-5-10(15)8-11/h4-6,8,12-14,16H,3,7,9H2,1-2H3. The van der Waals surface area contributed by atoms with E-state index in [1.807, 2.05) is 12.1 Å². The molecule has 0 aromatic heterocycles. The van der Waals surface area contributed by atoms with E-state index in [9.17, 15) is 0 Å². The topological polar surface area (TPSA) is 30.5 Å². The Bertz CT molecular complexity index is 386. The van der Waals surface area contributed by atoms with Crippen molar-refractivity contribution in [1.29, 1.82) is 0 Å². The van der Waals surface area contributed by atoms with E-state index in [0.717, 1.165) is 25.1 Å². The second kappa shape index (κ2) is 6.73. The van der Waals surface area contributed by atoms with E-state index in [1.165, 1.54) is 3.57 Å². The van der Waals surface area contributed by atoms with Gasteiger partial charge in [-0.1, -0.05) is 13.0 Å². The fraction of sp³-hybridized carbons (Fsp3) is 0.571. The highest BCUT2D eigenvalue weighted by Gasteiger charge is 2.42. The van der Waals surface area contributed by atoms with Gasteiger partial charge in [-0.05, 0) is 53.8 Å². The van der Waals surface area contributed by atoms with Gasteiger partial charge in [0.2, 0.25) is 0 Å². The average Bonchev–Trinajstić information content (AvgIpc) is 2.33. The number of halogens is 1. The van der Waals surface area contributed by atoms with Crippen LogP contribution >= 0.6 is 22.6 Å². The molecule has 3 unspecified atom stereocenters. The quantitative estimate of drug-likeness (QED) is 0.791. The Kier molecular flexibility index (Phi) is 5.26. The molecule has 1 saturated carbocycles. The molecule has 1 aliphatic carbocycles. The maximum Gasteiger partial charge on any atom is 0.128 e. The Morgan fingerprint density at radius 2 is 2.28 bits per heavy atom. The summed E-state index contributed by atoms with van der Waals surface area (Å²) in [5.41, 5.74) is 0. The van der Waals surface area contributed by atoms with Crippen LogP contribution in [0.3, 0.4) is 0 Å². The summed E-state index contributed by atoms with van der Waals surface area (Å²) in [6, 6.07) is 8.57. The molecule has 0 radical (unpaired) electrons. The number of hydrogen-bond acceptors (Lipinski definition) is 3. The predicted octanol–water partition coefficient (Wildman–Crippen LogP) is 2.83.